The maximum atomic E-state index is 12.3. The highest BCUT2D eigenvalue weighted by atomic mass is 32.2. The molecule has 1 amide bonds. The Morgan fingerprint density at radius 2 is 2.00 bits per heavy atom. The summed E-state index contributed by atoms with van der Waals surface area (Å²) in [5.74, 6) is -0.123. The van der Waals surface area contributed by atoms with Crippen molar-refractivity contribution in [3.63, 3.8) is 0 Å². The molecule has 0 aromatic heterocycles. The van der Waals surface area contributed by atoms with Crippen molar-refractivity contribution in [3.05, 3.63) is 70.3 Å². The third kappa shape index (κ3) is 3.54. The Labute approximate surface area is 165 Å². The van der Waals surface area contributed by atoms with Crippen LogP contribution in [0.4, 0.5) is 22.7 Å². The van der Waals surface area contributed by atoms with Gasteiger partial charge in [-0.1, -0.05) is 42.1 Å². The summed E-state index contributed by atoms with van der Waals surface area (Å²) in [7, 11) is 0. The van der Waals surface area contributed by atoms with E-state index in [1.54, 1.807) is 13.0 Å². The molecular weight excluding hydrogens is 376 g/mol. The summed E-state index contributed by atoms with van der Waals surface area (Å²) in [5, 5.41) is 19.7. The molecule has 4 rings (SSSR count). The number of amides is 1. The van der Waals surface area contributed by atoms with Gasteiger partial charge in [0.15, 0.2) is 5.17 Å². The molecule has 1 aliphatic rings. The zero-order valence-corrected chi connectivity index (χ0v) is 15.7. The van der Waals surface area contributed by atoms with Gasteiger partial charge in [0, 0.05) is 17.5 Å². The first kappa shape index (κ1) is 18.0. The number of nitrogens with one attached hydrogen (secondary N) is 2. The van der Waals surface area contributed by atoms with E-state index in [1.165, 1.54) is 23.9 Å². The number of carbonyl (C=O) groups excluding carboxylic acids is 1. The third-order valence-corrected chi connectivity index (χ3v) is 5.27. The molecule has 140 valence electrons. The Hall–Kier alpha value is -3.39. The normalized spacial score (nSPS) is 12.2. The Kier molecular flexibility index (Phi) is 4.70. The monoisotopic (exact) mass is 392 g/mol. The van der Waals surface area contributed by atoms with Crippen LogP contribution in [0.3, 0.4) is 0 Å². The summed E-state index contributed by atoms with van der Waals surface area (Å²) in [5.41, 5.74) is 2.97. The first-order valence-electron chi connectivity index (χ1n) is 8.56. The molecule has 1 aliphatic heterocycles. The Morgan fingerprint density at radius 1 is 1.21 bits per heavy atom. The lowest BCUT2D eigenvalue weighted by Gasteiger charge is -2.18. The van der Waals surface area contributed by atoms with Crippen molar-refractivity contribution in [2.45, 2.75) is 6.92 Å². The van der Waals surface area contributed by atoms with Crippen molar-refractivity contribution in [1.82, 2.24) is 0 Å². The second-order valence-electron chi connectivity index (χ2n) is 6.32. The van der Waals surface area contributed by atoms with Crippen molar-refractivity contribution in [3.8, 4) is 0 Å². The van der Waals surface area contributed by atoms with E-state index in [1.807, 2.05) is 36.4 Å². The molecule has 0 saturated heterocycles. The van der Waals surface area contributed by atoms with E-state index < -0.39 is 4.92 Å². The minimum absolute atomic E-state index is 0.0587. The topological polar surface area (TPSA) is 96.6 Å². The fourth-order valence-electron chi connectivity index (χ4n) is 3.02. The number of aliphatic imine (C=N–C) groups is 1. The van der Waals surface area contributed by atoms with Gasteiger partial charge in [-0.05, 0) is 30.0 Å². The van der Waals surface area contributed by atoms with Crippen LogP contribution >= 0.6 is 11.8 Å². The van der Waals surface area contributed by atoms with E-state index in [-0.39, 0.29) is 17.3 Å². The number of amidine groups is 1. The number of hydrogen-bond donors (Lipinski definition) is 2. The molecule has 0 atom stereocenters. The van der Waals surface area contributed by atoms with E-state index in [4.69, 9.17) is 0 Å². The number of carbonyl (C=O) groups is 1. The molecule has 1 heterocycles. The second-order valence-corrected chi connectivity index (χ2v) is 7.28. The quantitative estimate of drug-likeness (QED) is 0.489. The average molecular weight is 392 g/mol. The van der Waals surface area contributed by atoms with E-state index in [0.29, 0.717) is 10.9 Å². The Bertz CT molecular complexity index is 1140. The van der Waals surface area contributed by atoms with Crippen molar-refractivity contribution in [1.29, 1.82) is 0 Å². The first-order chi connectivity index (χ1) is 13.5. The molecule has 0 bridgehead atoms. The summed E-state index contributed by atoms with van der Waals surface area (Å²) in [6, 6.07) is 16.3. The van der Waals surface area contributed by atoms with Gasteiger partial charge in [-0.2, -0.15) is 0 Å². The number of hydrogen-bond acceptors (Lipinski definition) is 6. The number of nitrogens with zero attached hydrogens (tertiary/aromatic N) is 2. The standard InChI is InChI=1S/C20H16N4O3S/c1-12-8-9-14(24(26)27)10-17(12)21-18(25)11-28-20-22-15-6-2-4-13-5-3-7-16(23-20)19(13)15/h2-10H,11H2,1H3,(H,21,25)(H,22,23). The Balaban J connectivity index is 1.46. The van der Waals surface area contributed by atoms with Gasteiger partial charge in [0.1, 0.15) is 0 Å². The maximum absolute atomic E-state index is 12.3. The minimum Gasteiger partial charge on any atom is -0.334 e. The zero-order valence-electron chi connectivity index (χ0n) is 14.9. The molecular formula is C20H16N4O3S. The van der Waals surface area contributed by atoms with Crippen LogP contribution in [-0.4, -0.2) is 21.8 Å². The predicted molar refractivity (Wildman–Crippen MR) is 114 cm³/mol. The molecule has 3 aromatic carbocycles. The third-order valence-electron chi connectivity index (χ3n) is 4.39. The number of aryl methyl sites for hydroxylation is 1. The summed E-state index contributed by atoms with van der Waals surface area (Å²) in [6.45, 7) is 1.79. The minimum atomic E-state index is -0.484. The number of nitro groups is 1. The fraction of sp³-hybridized carbons (Fsp3) is 0.100. The molecule has 0 radical (unpaired) electrons. The number of anilines is 2. The SMILES string of the molecule is Cc1ccc([N+](=O)[O-])cc1NC(=O)CSC1=Nc2cccc3cccc(c23)N1. The number of non-ortho nitro benzene ring substituents is 1. The van der Waals surface area contributed by atoms with Crippen molar-refractivity contribution in [2.24, 2.45) is 4.99 Å². The molecule has 0 spiro atoms. The highest BCUT2D eigenvalue weighted by Crippen LogP contribution is 2.36. The van der Waals surface area contributed by atoms with E-state index >= 15 is 0 Å². The smallest absolute Gasteiger partial charge is 0.271 e. The second kappa shape index (κ2) is 7.32. The van der Waals surface area contributed by atoms with E-state index in [0.717, 1.165) is 27.7 Å². The lowest BCUT2D eigenvalue weighted by molar-refractivity contribution is -0.384. The van der Waals surface area contributed by atoms with Crippen molar-refractivity contribution >= 4 is 56.4 Å². The van der Waals surface area contributed by atoms with Crippen LogP contribution in [0, 0.1) is 17.0 Å². The van der Waals surface area contributed by atoms with Gasteiger partial charge in [-0.15, -0.1) is 0 Å². The van der Waals surface area contributed by atoms with Crippen LogP contribution in [0.1, 0.15) is 5.56 Å². The Morgan fingerprint density at radius 3 is 2.79 bits per heavy atom. The molecule has 8 heteroatoms. The summed E-state index contributed by atoms with van der Waals surface area (Å²) in [6.07, 6.45) is 0. The van der Waals surface area contributed by atoms with Gasteiger partial charge in [0.25, 0.3) is 5.69 Å². The molecule has 0 saturated carbocycles. The number of thioether (sulfide) groups is 1. The maximum Gasteiger partial charge on any atom is 0.271 e. The molecule has 7 nitrogen and oxygen atoms in total. The molecule has 28 heavy (non-hydrogen) atoms. The lowest BCUT2D eigenvalue weighted by atomic mass is 10.1. The summed E-state index contributed by atoms with van der Waals surface area (Å²) >= 11 is 1.28. The van der Waals surface area contributed by atoms with Crippen LogP contribution in [0.2, 0.25) is 0 Å². The largest absolute Gasteiger partial charge is 0.334 e. The number of benzene rings is 3. The van der Waals surface area contributed by atoms with Gasteiger partial charge >= 0.3 is 0 Å². The van der Waals surface area contributed by atoms with E-state index in [2.05, 4.69) is 15.6 Å². The van der Waals surface area contributed by atoms with Crippen LogP contribution < -0.4 is 10.6 Å². The van der Waals surface area contributed by atoms with E-state index in [9.17, 15) is 14.9 Å². The highest BCUT2D eigenvalue weighted by Gasteiger charge is 2.16. The average Bonchev–Trinajstić information content (AvgIpc) is 2.68. The van der Waals surface area contributed by atoms with Gasteiger partial charge < -0.3 is 10.6 Å². The van der Waals surface area contributed by atoms with Gasteiger partial charge in [-0.3, -0.25) is 14.9 Å². The summed E-state index contributed by atoms with van der Waals surface area (Å²) in [4.78, 5) is 27.4. The van der Waals surface area contributed by atoms with Gasteiger partial charge in [0.05, 0.1) is 27.7 Å². The summed E-state index contributed by atoms with van der Waals surface area (Å²) < 4.78 is 0. The molecule has 2 N–H and O–H groups in total. The fourth-order valence-corrected chi connectivity index (χ4v) is 3.70. The van der Waals surface area contributed by atoms with Crippen molar-refractivity contribution < 1.29 is 9.72 Å². The van der Waals surface area contributed by atoms with Gasteiger partial charge in [-0.25, -0.2) is 4.99 Å². The number of rotatable bonds is 4. The lowest BCUT2D eigenvalue weighted by Crippen LogP contribution is -2.19. The molecule has 0 unspecified atom stereocenters. The van der Waals surface area contributed by atoms with Crippen LogP contribution in [0.5, 0.6) is 0 Å². The first-order valence-corrected chi connectivity index (χ1v) is 9.55. The predicted octanol–water partition coefficient (Wildman–Crippen LogP) is 4.84. The number of nitro benzene ring substituents is 1. The van der Waals surface area contributed by atoms with Crippen molar-refractivity contribution in [2.75, 3.05) is 16.4 Å². The zero-order chi connectivity index (χ0) is 19.7. The molecule has 3 aromatic rings. The van der Waals surface area contributed by atoms with Gasteiger partial charge in [0.2, 0.25) is 5.91 Å². The highest BCUT2D eigenvalue weighted by molar-refractivity contribution is 8.14. The van der Waals surface area contributed by atoms with Crippen LogP contribution in [0.25, 0.3) is 10.8 Å². The van der Waals surface area contributed by atoms with Crippen LogP contribution in [0.15, 0.2) is 59.6 Å². The molecule has 0 fully saturated rings. The van der Waals surface area contributed by atoms with Crippen LogP contribution in [-0.2, 0) is 4.79 Å². The molecule has 0 aliphatic carbocycles.